The van der Waals surface area contributed by atoms with Crippen LogP contribution in [0, 0.1) is 11.7 Å². The van der Waals surface area contributed by atoms with Gasteiger partial charge in [-0.2, -0.15) is 0 Å². The fourth-order valence-electron chi connectivity index (χ4n) is 3.53. The summed E-state index contributed by atoms with van der Waals surface area (Å²) in [5, 5.41) is 6.79. The van der Waals surface area contributed by atoms with Gasteiger partial charge in [-0.1, -0.05) is 26.0 Å². The minimum Gasteiger partial charge on any atom is -0.357 e. The highest BCUT2D eigenvalue weighted by Crippen LogP contribution is 2.21. The van der Waals surface area contributed by atoms with Crippen molar-refractivity contribution in [3.05, 3.63) is 30.1 Å². The normalized spacial score (nSPS) is 15.6. The van der Waals surface area contributed by atoms with Gasteiger partial charge < -0.3 is 15.5 Å². The van der Waals surface area contributed by atoms with Crippen LogP contribution >= 0.6 is 11.8 Å². The van der Waals surface area contributed by atoms with Crippen LogP contribution in [-0.2, 0) is 4.79 Å². The van der Waals surface area contributed by atoms with E-state index in [1.165, 1.54) is 17.8 Å². The Labute approximate surface area is 178 Å². The molecule has 1 amide bonds. The first-order valence-electron chi connectivity index (χ1n) is 10.8. The quantitative estimate of drug-likeness (QED) is 0.274. The Balaban J connectivity index is 1.79. The SMILES string of the molecule is CCNC(=NCCSc1ccccc1F)NC1CCN(C(=O)C(CC)CC)CC1. The van der Waals surface area contributed by atoms with Gasteiger partial charge in [-0.3, -0.25) is 9.79 Å². The van der Waals surface area contributed by atoms with Gasteiger partial charge in [-0.25, -0.2) is 4.39 Å². The summed E-state index contributed by atoms with van der Waals surface area (Å²) in [6.45, 7) is 9.22. The lowest BCUT2D eigenvalue weighted by molar-refractivity contribution is -0.136. The Morgan fingerprint density at radius 1 is 1.24 bits per heavy atom. The third kappa shape index (κ3) is 7.53. The van der Waals surface area contributed by atoms with Crippen LogP contribution in [0.15, 0.2) is 34.2 Å². The van der Waals surface area contributed by atoms with Gasteiger partial charge in [0.05, 0.1) is 6.54 Å². The fraction of sp³-hybridized carbons (Fsp3) is 0.636. The van der Waals surface area contributed by atoms with Crippen LogP contribution in [0.3, 0.4) is 0 Å². The molecule has 1 aliphatic rings. The molecule has 1 aromatic rings. The minimum absolute atomic E-state index is 0.158. The van der Waals surface area contributed by atoms with E-state index in [2.05, 4.69) is 29.5 Å². The number of rotatable bonds is 9. The van der Waals surface area contributed by atoms with Gasteiger partial charge in [0.2, 0.25) is 5.91 Å². The largest absolute Gasteiger partial charge is 0.357 e. The molecule has 0 spiro atoms. The maximum atomic E-state index is 13.7. The highest BCUT2D eigenvalue weighted by molar-refractivity contribution is 7.99. The average Bonchev–Trinajstić information content (AvgIpc) is 2.73. The maximum absolute atomic E-state index is 13.7. The molecule has 1 aromatic carbocycles. The lowest BCUT2D eigenvalue weighted by Gasteiger charge is -2.34. The number of halogens is 1. The number of benzene rings is 1. The number of likely N-dealkylation sites (tertiary alicyclic amines) is 1. The molecule has 0 radical (unpaired) electrons. The summed E-state index contributed by atoms with van der Waals surface area (Å²) in [5.41, 5.74) is 0. The molecule has 2 rings (SSSR count). The lowest BCUT2D eigenvalue weighted by atomic mass is 9.98. The van der Waals surface area contributed by atoms with Crippen LogP contribution in [-0.4, -0.2) is 54.7 Å². The predicted octanol–water partition coefficient (Wildman–Crippen LogP) is 3.90. The van der Waals surface area contributed by atoms with Gasteiger partial charge >= 0.3 is 0 Å². The van der Waals surface area contributed by atoms with E-state index >= 15 is 0 Å². The number of hydrogen-bond acceptors (Lipinski definition) is 3. The van der Waals surface area contributed by atoms with E-state index in [1.54, 1.807) is 12.1 Å². The summed E-state index contributed by atoms with van der Waals surface area (Å²) in [6.07, 6.45) is 3.69. The first-order chi connectivity index (χ1) is 14.1. The van der Waals surface area contributed by atoms with Crippen molar-refractivity contribution in [2.24, 2.45) is 10.9 Å². The fourth-order valence-corrected chi connectivity index (χ4v) is 4.31. The zero-order valence-electron chi connectivity index (χ0n) is 17.9. The third-order valence-electron chi connectivity index (χ3n) is 5.28. The van der Waals surface area contributed by atoms with Crippen LogP contribution in [0.1, 0.15) is 46.5 Å². The van der Waals surface area contributed by atoms with E-state index < -0.39 is 0 Å². The van der Waals surface area contributed by atoms with E-state index in [0.29, 0.717) is 23.4 Å². The molecule has 29 heavy (non-hydrogen) atoms. The van der Waals surface area contributed by atoms with Crippen molar-refractivity contribution in [1.82, 2.24) is 15.5 Å². The van der Waals surface area contributed by atoms with E-state index in [-0.39, 0.29) is 11.7 Å². The summed E-state index contributed by atoms with van der Waals surface area (Å²) in [6, 6.07) is 7.15. The number of thioether (sulfide) groups is 1. The monoisotopic (exact) mass is 422 g/mol. The van der Waals surface area contributed by atoms with Gasteiger partial charge in [-0.05, 0) is 44.7 Å². The van der Waals surface area contributed by atoms with Crippen molar-refractivity contribution in [1.29, 1.82) is 0 Å². The molecule has 1 aliphatic heterocycles. The first kappa shape index (κ1) is 23.5. The molecule has 162 valence electrons. The Morgan fingerprint density at radius 2 is 1.93 bits per heavy atom. The summed E-state index contributed by atoms with van der Waals surface area (Å²) in [5.74, 6) is 1.80. The second-order valence-electron chi connectivity index (χ2n) is 7.30. The minimum atomic E-state index is -0.179. The van der Waals surface area contributed by atoms with Gasteiger partial charge in [0.25, 0.3) is 0 Å². The van der Waals surface area contributed by atoms with Gasteiger partial charge in [0.15, 0.2) is 5.96 Å². The molecule has 7 heteroatoms. The molecule has 1 fully saturated rings. The van der Waals surface area contributed by atoms with Crippen molar-refractivity contribution in [3.8, 4) is 0 Å². The first-order valence-corrected chi connectivity index (χ1v) is 11.8. The molecular formula is C22H35FN4OS. The number of nitrogens with one attached hydrogen (secondary N) is 2. The third-order valence-corrected chi connectivity index (χ3v) is 6.31. The number of hydrogen-bond donors (Lipinski definition) is 2. The zero-order valence-corrected chi connectivity index (χ0v) is 18.7. The Hall–Kier alpha value is -1.76. The van der Waals surface area contributed by atoms with Crippen LogP contribution < -0.4 is 10.6 Å². The van der Waals surface area contributed by atoms with Crippen molar-refractivity contribution in [3.63, 3.8) is 0 Å². The van der Waals surface area contributed by atoms with Gasteiger partial charge in [0.1, 0.15) is 5.82 Å². The van der Waals surface area contributed by atoms with Crippen LogP contribution in [0.25, 0.3) is 0 Å². The highest BCUT2D eigenvalue weighted by Gasteiger charge is 2.26. The smallest absolute Gasteiger partial charge is 0.225 e. The van der Waals surface area contributed by atoms with E-state index in [1.807, 2.05) is 17.9 Å². The number of amides is 1. The second-order valence-corrected chi connectivity index (χ2v) is 8.43. The lowest BCUT2D eigenvalue weighted by Crippen LogP contribution is -2.50. The molecule has 0 aliphatic carbocycles. The summed E-state index contributed by atoms with van der Waals surface area (Å²) in [4.78, 5) is 19.9. The van der Waals surface area contributed by atoms with Gasteiger partial charge in [-0.15, -0.1) is 11.8 Å². The Kier molecular flexibility index (Phi) is 10.3. The Bertz CT molecular complexity index is 658. The molecule has 0 unspecified atom stereocenters. The number of piperidine rings is 1. The molecule has 2 N–H and O–H groups in total. The number of nitrogens with zero attached hydrogens (tertiary/aromatic N) is 2. The number of guanidine groups is 1. The molecule has 0 saturated carbocycles. The Morgan fingerprint density at radius 3 is 2.55 bits per heavy atom. The molecular weight excluding hydrogens is 387 g/mol. The van der Waals surface area contributed by atoms with Crippen molar-refractivity contribution < 1.29 is 9.18 Å². The summed E-state index contributed by atoms with van der Waals surface area (Å²) < 4.78 is 13.7. The van der Waals surface area contributed by atoms with Crippen molar-refractivity contribution >= 4 is 23.6 Å². The predicted molar refractivity (Wildman–Crippen MR) is 120 cm³/mol. The van der Waals surface area contributed by atoms with Crippen LogP contribution in [0.5, 0.6) is 0 Å². The molecule has 0 bridgehead atoms. The number of carbonyl (C=O) groups excluding carboxylic acids is 1. The molecule has 1 heterocycles. The van der Waals surface area contributed by atoms with Crippen LogP contribution in [0.2, 0.25) is 0 Å². The van der Waals surface area contributed by atoms with Gasteiger partial charge in [0, 0.05) is 42.2 Å². The molecule has 0 aromatic heterocycles. The number of aliphatic imine (C=N–C) groups is 1. The maximum Gasteiger partial charge on any atom is 0.225 e. The standard InChI is InChI=1S/C22H35FN4OS/c1-4-17(5-2)21(28)27-14-11-18(12-15-27)26-22(24-6-3)25-13-16-29-20-10-8-7-9-19(20)23/h7-10,17-18H,4-6,11-16H2,1-3H3,(H2,24,25,26). The van der Waals surface area contributed by atoms with E-state index in [9.17, 15) is 9.18 Å². The molecule has 1 saturated heterocycles. The van der Waals surface area contributed by atoms with Crippen molar-refractivity contribution in [2.75, 3.05) is 31.9 Å². The molecule has 5 nitrogen and oxygen atoms in total. The topological polar surface area (TPSA) is 56.7 Å². The summed E-state index contributed by atoms with van der Waals surface area (Å²) >= 11 is 1.48. The molecule has 0 atom stereocenters. The summed E-state index contributed by atoms with van der Waals surface area (Å²) in [7, 11) is 0. The van der Waals surface area contributed by atoms with E-state index in [4.69, 9.17) is 0 Å². The average molecular weight is 423 g/mol. The van der Waals surface area contributed by atoms with Crippen LogP contribution in [0.4, 0.5) is 4.39 Å². The van der Waals surface area contributed by atoms with E-state index in [0.717, 1.165) is 57.0 Å². The highest BCUT2D eigenvalue weighted by atomic mass is 32.2. The van der Waals surface area contributed by atoms with Crippen molar-refractivity contribution in [2.45, 2.75) is 57.4 Å². The second kappa shape index (κ2) is 12.7. The zero-order chi connectivity index (χ0) is 21.1. The number of carbonyl (C=O) groups is 1.